The maximum absolute atomic E-state index is 3.63. The Morgan fingerprint density at radius 2 is 1.60 bits per heavy atom. The zero-order valence-corrected chi connectivity index (χ0v) is 9.09. The fourth-order valence-electron chi connectivity index (χ4n) is 0.589. The Bertz CT molecular complexity index is 167. The summed E-state index contributed by atoms with van der Waals surface area (Å²) < 4.78 is 0. The summed E-state index contributed by atoms with van der Waals surface area (Å²) in [6.45, 7) is 3.63. The Morgan fingerprint density at radius 1 is 1.10 bits per heavy atom. The molecule has 1 rings (SSSR count). The van der Waals surface area contributed by atoms with Crippen LogP contribution in [-0.4, -0.2) is 0 Å². The molecule has 51 valence electrons. The van der Waals surface area contributed by atoms with Crippen molar-refractivity contribution in [3.63, 3.8) is 0 Å². The molecular formula is C9H11Y-. The molecule has 1 aromatic rings. The van der Waals surface area contributed by atoms with Gasteiger partial charge in [0.25, 0.3) is 0 Å². The van der Waals surface area contributed by atoms with E-state index in [1.165, 1.54) is 5.56 Å². The molecule has 0 unspecified atom stereocenters. The molecule has 0 heterocycles. The van der Waals surface area contributed by atoms with Gasteiger partial charge in [-0.25, -0.2) is 0 Å². The molecular weight excluding hydrogens is 197 g/mol. The van der Waals surface area contributed by atoms with E-state index in [-0.39, 0.29) is 40.1 Å². The van der Waals surface area contributed by atoms with Gasteiger partial charge in [0, 0.05) is 32.7 Å². The third-order valence-electron chi connectivity index (χ3n) is 1.04. The van der Waals surface area contributed by atoms with E-state index in [1.54, 1.807) is 0 Å². The summed E-state index contributed by atoms with van der Waals surface area (Å²) in [6.07, 6.45) is 1.83. The van der Waals surface area contributed by atoms with Crippen LogP contribution in [0.3, 0.4) is 0 Å². The molecule has 0 aliphatic heterocycles. The second-order valence-electron chi connectivity index (χ2n) is 1.61. The molecule has 0 aliphatic carbocycles. The molecule has 0 N–H and O–H groups in total. The van der Waals surface area contributed by atoms with E-state index in [4.69, 9.17) is 0 Å². The SMILES string of the molecule is C=Cc1ccccc1.[CH3-].[Y]. The van der Waals surface area contributed by atoms with E-state index >= 15 is 0 Å². The van der Waals surface area contributed by atoms with Crippen molar-refractivity contribution in [2.45, 2.75) is 0 Å². The van der Waals surface area contributed by atoms with Crippen molar-refractivity contribution in [3.05, 3.63) is 49.9 Å². The van der Waals surface area contributed by atoms with Crippen molar-refractivity contribution >= 4 is 6.08 Å². The first-order valence-electron chi connectivity index (χ1n) is 2.61. The first-order chi connectivity index (χ1) is 3.93. The average molecular weight is 208 g/mol. The normalized spacial score (nSPS) is 6.80. The molecule has 0 fully saturated rings. The Morgan fingerprint density at radius 3 is 1.90 bits per heavy atom. The molecule has 1 radical (unpaired) electrons. The van der Waals surface area contributed by atoms with Gasteiger partial charge in [-0.2, -0.15) is 0 Å². The molecule has 1 aromatic carbocycles. The van der Waals surface area contributed by atoms with Crippen LogP contribution in [0.2, 0.25) is 0 Å². The van der Waals surface area contributed by atoms with Crippen molar-refractivity contribution in [2.24, 2.45) is 0 Å². The van der Waals surface area contributed by atoms with E-state index in [0.717, 1.165) is 0 Å². The summed E-state index contributed by atoms with van der Waals surface area (Å²) in [5.74, 6) is 0. The molecule has 0 nitrogen and oxygen atoms in total. The molecule has 0 aliphatic rings. The zero-order valence-electron chi connectivity index (χ0n) is 6.25. The molecule has 0 saturated heterocycles. The minimum atomic E-state index is 0. The fraction of sp³-hybridized carbons (Fsp3) is 0. The summed E-state index contributed by atoms with van der Waals surface area (Å²) in [5.41, 5.74) is 1.17. The zero-order chi connectivity index (χ0) is 5.82. The minimum Gasteiger partial charge on any atom is -0.358 e. The number of hydrogen-bond acceptors (Lipinski definition) is 0. The third kappa shape index (κ3) is 3.97. The van der Waals surface area contributed by atoms with Gasteiger partial charge in [0.05, 0.1) is 0 Å². The number of hydrogen-bond donors (Lipinski definition) is 0. The van der Waals surface area contributed by atoms with Crippen molar-refractivity contribution < 1.29 is 32.7 Å². The van der Waals surface area contributed by atoms with Gasteiger partial charge in [0.1, 0.15) is 0 Å². The second-order valence-corrected chi connectivity index (χ2v) is 1.61. The molecule has 10 heavy (non-hydrogen) atoms. The Hall–Kier alpha value is 0.0639. The number of benzene rings is 1. The predicted octanol–water partition coefficient (Wildman–Crippen LogP) is 2.78. The van der Waals surface area contributed by atoms with Crippen LogP contribution in [-0.2, 0) is 32.7 Å². The van der Waals surface area contributed by atoms with E-state index in [0.29, 0.717) is 0 Å². The molecule has 0 atom stereocenters. The largest absolute Gasteiger partial charge is 0.358 e. The van der Waals surface area contributed by atoms with Gasteiger partial charge in [0.15, 0.2) is 0 Å². The molecule has 1 heteroatoms. The monoisotopic (exact) mass is 208 g/mol. The van der Waals surface area contributed by atoms with Gasteiger partial charge in [-0.1, -0.05) is 43.0 Å². The van der Waals surface area contributed by atoms with Crippen LogP contribution in [0.4, 0.5) is 0 Å². The molecule has 0 amide bonds. The summed E-state index contributed by atoms with van der Waals surface area (Å²) in [5, 5.41) is 0. The first kappa shape index (κ1) is 12.7. The van der Waals surface area contributed by atoms with Crippen LogP contribution in [0.1, 0.15) is 5.56 Å². The van der Waals surface area contributed by atoms with Gasteiger partial charge >= 0.3 is 0 Å². The summed E-state index contributed by atoms with van der Waals surface area (Å²) in [7, 11) is 0. The van der Waals surface area contributed by atoms with Crippen LogP contribution < -0.4 is 0 Å². The van der Waals surface area contributed by atoms with Crippen LogP contribution in [0.15, 0.2) is 36.9 Å². The second kappa shape index (κ2) is 7.17. The number of rotatable bonds is 1. The smallest absolute Gasteiger partial charge is 0 e. The van der Waals surface area contributed by atoms with Crippen LogP contribution in [0.25, 0.3) is 6.08 Å². The maximum atomic E-state index is 3.63. The molecule has 0 aromatic heterocycles. The summed E-state index contributed by atoms with van der Waals surface area (Å²) in [6, 6.07) is 10.0. The van der Waals surface area contributed by atoms with Crippen molar-refractivity contribution in [1.29, 1.82) is 0 Å². The van der Waals surface area contributed by atoms with Crippen LogP contribution >= 0.6 is 0 Å². The van der Waals surface area contributed by atoms with Crippen LogP contribution in [0, 0.1) is 7.43 Å². The van der Waals surface area contributed by atoms with Crippen molar-refractivity contribution in [2.75, 3.05) is 0 Å². The van der Waals surface area contributed by atoms with Crippen molar-refractivity contribution in [3.8, 4) is 0 Å². The van der Waals surface area contributed by atoms with Gasteiger partial charge < -0.3 is 7.43 Å². The molecule has 0 saturated carbocycles. The average Bonchev–Trinajstić information content (AvgIpc) is 1.90. The minimum absolute atomic E-state index is 0. The van der Waals surface area contributed by atoms with Crippen LogP contribution in [0.5, 0.6) is 0 Å². The van der Waals surface area contributed by atoms with E-state index in [9.17, 15) is 0 Å². The Kier molecular flexibility index (Phi) is 9.12. The molecule has 0 spiro atoms. The topological polar surface area (TPSA) is 0 Å². The first-order valence-corrected chi connectivity index (χ1v) is 2.61. The van der Waals surface area contributed by atoms with Gasteiger partial charge in [-0.15, -0.1) is 0 Å². The summed E-state index contributed by atoms with van der Waals surface area (Å²) >= 11 is 0. The van der Waals surface area contributed by atoms with E-state index in [2.05, 4.69) is 6.58 Å². The Balaban J connectivity index is 0. The predicted molar refractivity (Wildman–Crippen MR) is 42.9 cm³/mol. The van der Waals surface area contributed by atoms with Crippen molar-refractivity contribution in [1.82, 2.24) is 0 Å². The quantitative estimate of drug-likeness (QED) is 0.622. The molecule has 0 bridgehead atoms. The summed E-state index contributed by atoms with van der Waals surface area (Å²) in [4.78, 5) is 0. The Labute approximate surface area is 88.2 Å². The van der Waals surface area contributed by atoms with E-state index in [1.807, 2.05) is 36.4 Å². The van der Waals surface area contributed by atoms with Gasteiger partial charge in [-0.05, 0) is 5.56 Å². The standard InChI is InChI=1S/C8H8.CH3.Y/c1-2-8-6-4-3-5-7-8;;/h2-7H,1H2;1H3;/q;-1;. The van der Waals surface area contributed by atoms with Gasteiger partial charge in [0.2, 0.25) is 0 Å². The van der Waals surface area contributed by atoms with Gasteiger partial charge in [-0.3, -0.25) is 0 Å². The third-order valence-corrected chi connectivity index (χ3v) is 1.04. The fourth-order valence-corrected chi connectivity index (χ4v) is 0.589. The van der Waals surface area contributed by atoms with E-state index < -0.39 is 0 Å². The maximum Gasteiger partial charge on any atom is 0 e.